The highest BCUT2D eigenvalue weighted by atomic mass is 32.1. The first-order valence-electron chi connectivity index (χ1n) is 11.7. The Labute approximate surface area is 208 Å². The number of anilines is 2. The quantitative estimate of drug-likeness (QED) is 0.410. The molecule has 0 unspecified atom stereocenters. The van der Waals surface area contributed by atoms with E-state index in [-0.39, 0.29) is 11.8 Å². The van der Waals surface area contributed by atoms with E-state index in [1.165, 1.54) is 5.56 Å². The highest BCUT2D eigenvalue weighted by Crippen LogP contribution is 2.35. The largest absolute Gasteiger partial charge is 0.497 e. The van der Waals surface area contributed by atoms with Crippen molar-refractivity contribution in [2.24, 2.45) is 5.92 Å². The van der Waals surface area contributed by atoms with Crippen LogP contribution < -0.4 is 19.7 Å². The van der Waals surface area contributed by atoms with E-state index in [4.69, 9.17) is 19.6 Å². The Balaban J connectivity index is 1.35. The zero-order valence-electron chi connectivity index (χ0n) is 20.4. The molecule has 182 valence electrons. The van der Waals surface area contributed by atoms with E-state index in [9.17, 15) is 4.79 Å². The number of aryl methyl sites for hydroxylation is 2. The van der Waals surface area contributed by atoms with E-state index in [1.807, 2.05) is 11.6 Å². The fourth-order valence-corrected chi connectivity index (χ4v) is 5.43. The van der Waals surface area contributed by atoms with Gasteiger partial charge in [-0.1, -0.05) is 29.0 Å². The number of hydrogen-bond acceptors (Lipinski definition) is 7. The molecule has 0 aliphatic carbocycles. The van der Waals surface area contributed by atoms with Crippen LogP contribution in [0.3, 0.4) is 0 Å². The number of carbonyl (C=O) groups is 1. The van der Waals surface area contributed by atoms with Crippen molar-refractivity contribution in [3.05, 3.63) is 53.7 Å². The number of methoxy groups -OCH3 is 2. The molecule has 0 bridgehead atoms. The molecule has 2 aromatic carbocycles. The van der Waals surface area contributed by atoms with Gasteiger partial charge in [-0.3, -0.25) is 4.79 Å². The van der Waals surface area contributed by atoms with Crippen molar-refractivity contribution in [3.8, 4) is 17.2 Å². The van der Waals surface area contributed by atoms with E-state index in [0.717, 1.165) is 46.2 Å². The Morgan fingerprint density at radius 1 is 1.09 bits per heavy atom. The SMILES string of the molecule is COc1cc(NC(=O)[C@H]2CCCN(c3nc4c(s3)c(C)nn4-c3ccc(C)cc3)C2)cc(OC)c1. The van der Waals surface area contributed by atoms with Gasteiger partial charge in [0.1, 0.15) is 11.5 Å². The summed E-state index contributed by atoms with van der Waals surface area (Å²) in [6.07, 6.45) is 1.77. The molecule has 9 heteroatoms. The lowest BCUT2D eigenvalue weighted by molar-refractivity contribution is -0.120. The Bertz CT molecular complexity index is 1340. The van der Waals surface area contributed by atoms with Crippen LogP contribution in [0.4, 0.5) is 10.8 Å². The van der Waals surface area contributed by atoms with Gasteiger partial charge in [0, 0.05) is 37.0 Å². The third-order valence-corrected chi connectivity index (χ3v) is 7.55. The molecule has 0 saturated carbocycles. The van der Waals surface area contributed by atoms with Crippen molar-refractivity contribution in [2.45, 2.75) is 26.7 Å². The fraction of sp³-hybridized carbons (Fsp3) is 0.346. The van der Waals surface area contributed by atoms with Crippen LogP contribution in [0.1, 0.15) is 24.1 Å². The molecule has 1 atom stereocenters. The number of nitrogens with zero attached hydrogens (tertiary/aromatic N) is 4. The van der Waals surface area contributed by atoms with Crippen molar-refractivity contribution in [3.63, 3.8) is 0 Å². The van der Waals surface area contributed by atoms with Gasteiger partial charge in [-0.2, -0.15) is 10.1 Å². The number of ether oxygens (including phenoxy) is 2. The maximum Gasteiger partial charge on any atom is 0.229 e. The van der Waals surface area contributed by atoms with Crippen molar-refractivity contribution < 1.29 is 14.3 Å². The van der Waals surface area contributed by atoms with Crippen LogP contribution in [0.5, 0.6) is 11.5 Å². The maximum atomic E-state index is 13.1. The highest BCUT2D eigenvalue weighted by Gasteiger charge is 2.28. The number of fused-ring (bicyclic) bond motifs is 1. The predicted molar refractivity (Wildman–Crippen MR) is 139 cm³/mol. The lowest BCUT2D eigenvalue weighted by Gasteiger charge is -2.31. The summed E-state index contributed by atoms with van der Waals surface area (Å²) in [6, 6.07) is 13.7. The molecule has 1 amide bonds. The maximum absolute atomic E-state index is 13.1. The minimum Gasteiger partial charge on any atom is -0.497 e. The zero-order chi connectivity index (χ0) is 24.5. The van der Waals surface area contributed by atoms with E-state index in [0.29, 0.717) is 23.7 Å². The predicted octanol–water partition coefficient (Wildman–Crippen LogP) is 4.97. The molecule has 2 aromatic heterocycles. The fourth-order valence-electron chi connectivity index (χ4n) is 4.41. The van der Waals surface area contributed by atoms with E-state index in [2.05, 4.69) is 41.4 Å². The Hall–Kier alpha value is -3.59. The highest BCUT2D eigenvalue weighted by molar-refractivity contribution is 7.22. The van der Waals surface area contributed by atoms with Gasteiger partial charge in [0.25, 0.3) is 0 Å². The molecule has 0 radical (unpaired) electrons. The molecule has 1 fully saturated rings. The molecule has 1 aliphatic heterocycles. The second kappa shape index (κ2) is 9.58. The number of piperidine rings is 1. The van der Waals surface area contributed by atoms with Crippen LogP contribution in [0.2, 0.25) is 0 Å². The number of benzene rings is 2. The van der Waals surface area contributed by atoms with Gasteiger partial charge < -0.3 is 19.7 Å². The third-order valence-electron chi connectivity index (χ3n) is 6.34. The normalized spacial score (nSPS) is 15.9. The van der Waals surface area contributed by atoms with Crippen molar-refractivity contribution >= 4 is 38.4 Å². The number of nitrogens with one attached hydrogen (secondary N) is 1. The average molecular weight is 492 g/mol. The lowest BCUT2D eigenvalue weighted by Crippen LogP contribution is -2.40. The zero-order valence-corrected chi connectivity index (χ0v) is 21.2. The molecular formula is C26H29N5O3S. The minimum atomic E-state index is -0.136. The van der Waals surface area contributed by atoms with Gasteiger partial charge in [0.2, 0.25) is 5.91 Å². The van der Waals surface area contributed by atoms with Crippen LogP contribution in [-0.2, 0) is 4.79 Å². The van der Waals surface area contributed by atoms with E-state index < -0.39 is 0 Å². The molecule has 4 aromatic rings. The number of aromatic nitrogens is 3. The summed E-state index contributed by atoms with van der Waals surface area (Å²) in [6.45, 7) is 5.59. The Morgan fingerprint density at radius 2 is 1.80 bits per heavy atom. The van der Waals surface area contributed by atoms with Crippen LogP contribution in [-0.4, -0.2) is 48.0 Å². The minimum absolute atomic E-state index is 0.00636. The van der Waals surface area contributed by atoms with Crippen LogP contribution in [0.25, 0.3) is 16.0 Å². The first kappa shape index (κ1) is 23.2. The first-order chi connectivity index (χ1) is 16.9. The standard InChI is InChI=1S/C26H29N5O3S/c1-16-7-9-20(10-8-16)31-24-23(17(2)29-31)35-26(28-24)30-11-5-6-18(15-30)25(32)27-19-12-21(33-3)14-22(13-19)34-4/h7-10,12-14,18H,5-6,11,15H2,1-4H3,(H,27,32)/t18-/m0/s1. The van der Waals surface area contributed by atoms with E-state index in [1.54, 1.807) is 43.8 Å². The van der Waals surface area contributed by atoms with Crippen LogP contribution in [0.15, 0.2) is 42.5 Å². The van der Waals surface area contributed by atoms with Gasteiger partial charge >= 0.3 is 0 Å². The Kier molecular flexibility index (Phi) is 6.34. The summed E-state index contributed by atoms with van der Waals surface area (Å²) in [4.78, 5) is 20.3. The summed E-state index contributed by atoms with van der Waals surface area (Å²) in [7, 11) is 3.19. The summed E-state index contributed by atoms with van der Waals surface area (Å²) in [5.41, 5.74) is 4.69. The summed E-state index contributed by atoms with van der Waals surface area (Å²) in [5, 5.41) is 8.69. The van der Waals surface area contributed by atoms with Gasteiger partial charge in [-0.05, 0) is 38.8 Å². The molecule has 5 rings (SSSR count). The second-order valence-electron chi connectivity index (χ2n) is 8.86. The third kappa shape index (κ3) is 4.68. The van der Waals surface area contributed by atoms with Gasteiger partial charge in [-0.15, -0.1) is 0 Å². The number of hydrogen-bond donors (Lipinski definition) is 1. The number of rotatable bonds is 6. The summed E-state index contributed by atoms with van der Waals surface area (Å²) in [5.74, 6) is 1.13. The topological polar surface area (TPSA) is 81.5 Å². The average Bonchev–Trinajstić information content (AvgIpc) is 3.45. The van der Waals surface area contributed by atoms with Gasteiger partial charge in [0.05, 0.1) is 36.2 Å². The summed E-state index contributed by atoms with van der Waals surface area (Å²) >= 11 is 1.64. The smallest absolute Gasteiger partial charge is 0.229 e. The van der Waals surface area contributed by atoms with Crippen molar-refractivity contribution in [1.29, 1.82) is 0 Å². The van der Waals surface area contributed by atoms with Crippen molar-refractivity contribution in [2.75, 3.05) is 37.5 Å². The van der Waals surface area contributed by atoms with Crippen LogP contribution in [0, 0.1) is 19.8 Å². The molecule has 8 nitrogen and oxygen atoms in total. The van der Waals surface area contributed by atoms with Crippen LogP contribution >= 0.6 is 11.3 Å². The van der Waals surface area contributed by atoms with Gasteiger partial charge in [-0.25, -0.2) is 4.68 Å². The monoisotopic (exact) mass is 491 g/mol. The number of amides is 1. The molecule has 1 saturated heterocycles. The lowest BCUT2D eigenvalue weighted by atomic mass is 9.97. The molecule has 1 aliphatic rings. The Morgan fingerprint density at radius 3 is 2.49 bits per heavy atom. The number of carbonyl (C=O) groups excluding carboxylic acids is 1. The van der Waals surface area contributed by atoms with Gasteiger partial charge in [0.15, 0.2) is 10.8 Å². The summed E-state index contributed by atoms with van der Waals surface area (Å²) < 4.78 is 13.6. The molecule has 3 heterocycles. The molecule has 35 heavy (non-hydrogen) atoms. The second-order valence-corrected chi connectivity index (χ2v) is 9.84. The molecular weight excluding hydrogens is 462 g/mol. The molecule has 1 N–H and O–H groups in total. The first-order valence-corrected chi connectivity index (χ1v) is 12.5. The van der Waals surface area contributed by atoms with Crippen molar-refractivity contribution in [1.82, 2.24) is 14.8 Å². The van der Waals surface area contributed by atoms with E-state index >= 15 is 0 Å². The molecule has 0 spiro atoms. The number of thiazole rings is 1.